The Morgan fingerprint density at radius 3 is 2.52 bits per heavy atom. The van der Waals surface area contributed by atoms with E-state index in [2.05, 4.69) is 15.6 Å². The van der Waals surface area contributed by atoms with Gasteiger partial charge in [0.2, 0.25) is 11.8 Å². The highest BCUT2D eigenvalue weighted by atomic mass is 16.3. The lowest BCUT2D eigenvalue weighted by Crippen LogP contribution is -2.35. The number of hydrogen-bond acceptors (Lipinski definition) is 5. The molecule has 0 bridgehead atoms. The lowest BCUT2D eigenvalue weighted by Gasteiger charge is -2.05. The van der Waals surface area contributed by atoms with Gasteiger partial charge >= 0.3 is 0 Å². The molecule has 1 aromatic carbocycles. The number of carbonyl (C=O) groups excluding carboxylic acids is 2. The van der Waals surface area contributed by atoms with E-state index in [1.807, 2.05) is 30.3 Å². The smallest absolute Gasteiger partial charge is 0.287 e. The Labute approximate surface area is 144 Å². The number of benzene rings is 1. The van der Waals surface area contributed by atoms with Crippen molar-refractivity contribution in [1.82, 2.24) is 15.6 Å². The highest BCUT2D eigenvalue weighted by Crippen LogP contribution is 2.17. The molecule has 0 spiro atoms. The second-order valence-corrected chi connectivity index (χ2v) is 5.27. The molecule has 7 nitrogen and oxygen atoms in total. The molecule has 0 atom stereocenters. The van der Waals surface area contributed by atoms with Crippen molar-refractivity contribution in [2.45, 2.75) is 6.42 Å². The van der Waals surface area contributed by atoms with E-state index in [1.54, 1.807) is 12.1 Å². The van der Waals surface area contributed by atoms with E-state index in [0.29, 0.717) is 24.7 Å². The van der Waals surface area contributed by atoms with Crippen LogP contribution in [0, 0.1) is 0 Å². The van der Waals surface area contributed by atoms with Crippen LogP contribution in [0.25, 0.3) is 11.5 Å². The van der Waals surface area contributed by atoms with Crippen LogP contribution in [0.1, 0.15) is 16.2 Å². The predicted octanol–water partition coefficient (Wildman–Crippen LogP) is 2.02. The summed E-state index contributed by atoms with van der Waals surface area (Å²) < 4.78 is 10.4. The Morgan fingerprint density at radius 2 is 1.76 bits per heavy atom. The third-order valence-corrected chi connectivity index (χ3v) is 3.39. The average molecular weight is 339 g/mol. The van der Waals surface area contributed by atoms with Gasteiger partial charge in [0.25, 0.3) is 5.91 Å². The standard InChI is InChI=1S/C18H17N3O4/c22-16(19-8-9-20-17(23)15-7-4-10-24-15)11-14-12-25-18(21-14)13-5-2-1-3-6-13/h1-7,10,12H,8-9,11H2,(H,19,22)(H,20,23). The van der Waals surface area contributed by atoms with Crippen LogP contribution in [-0.4, -0.2) is 29.9 Å². The van der Waals surface area contributed by atoms with E-state index >= 15 is 0 Å². The molecule has 0 aliphatic heterocycles. The minimum absolute atomic E-state index is 0.114. The topological polar surface area (TPSA) is 97.4 Å². The predicted molar refractivity (Wildman–Crippen MR) is 89.7 cm³/mol. The Bertz CT molecular complexity index is 825. The number of nitrogens with zero attached hydrogens (tertiary/aromatic N) is 1. The molecule has 2 amide bonds. The normalized spacial score (nSPS) is 10.4. The first kappa shape index (κ1) is 16.5. The molecule has 2 aromatic heterocycles. The monoisotopic (exact) mass is 339 g/mol. The number of nitrogens with one attached hydrogen (secondary N) is 2. The summed E-state index contributed by atoms with van der Waals surface area (Å²) in [6.45, 7) is 0.619. The molecule has 3 aromatic rings. The summed E-state index contributed by atoms with van der Waals surface area (Å²) in [5, 5.41) is 5.36. The summed E-state index contributed by atoms with van der Waals surface area (Å²) in [6.07, 6.45) is 3.02. The largest absolute Gasteiger partial charge is 0.459 e. The van der Waals surface area contributed by atoms with Crippen molar-refractivity contribution >= 4 is 11.8 Å². The van der Waals surface area contributed by atoms with Crippen molar-refractivity contribution in [3.05, 3.63) is 66.4 Å². The van der Waals surface area contributed by atoms with Crippen LogP contribution in [-0.2, 0) is 11.2 Å². The number of oxazole rings is 1. The van der Waals surface area contributed by atoms with Crippen molar-refractivity contribution in [2.75, 3.05) is 13.1 Å². The fourth-order valence-electron chi connectivity index (χ4n) is 2.20. The van der Waals surface area contributed by atoms with Crippen LogP contribution in [0.15, 0.2) is 63.8 Å². The SMILES string of the molecule is O=C(Cc1coc(-c2ccccc2)n1)NCCNC(=O)c1ccco1. The molecule has 0 radical (unpaired) electrons. The minimum atomic E-state index is -0.316. The Hall–Kier alpha value is -3.35. The van der Waals surface area contributed by atoms with Gasteiger partial charge in [-0.25, -0.2) is 4.98 Å². The molecule has 7 heteroatoms. The molecule has 25 heavy (non-hydrogen) atoms. The Morgan fingerprint density at radius 1 is 0.960 bits per heavy atom. The van der Waals surface area contributed by atoms with E-state index in [-0.39, 0.29) is 24.0 Å². The van der Waals surface area contributed by atoms with Crippen molar-refractivity contribution < 1.29 is 18.4 Å². The fourth-order valence-corrected chi connectivity index (χ4v) is 2.20. The molecule has 0 aliphatic rings. The summed E-state index contributed by atoms with van der Waals surface area (Å²) in [5.74, 6) is 0.208. The van der Waals surface area contributed by atoms with Crippen molar-refractivity contribution in [1.29, 1.82) is 0 Å². The highest BCUT2D eigenvalue weighted by molar-refractivity contribution is 5.91. The van der Waals surface area contributed by atoms with E-state index in [4.69, 9.17) is 8.83 Å². The second-order valence-electron chi connectivity index (χ2n) is 5.27. The van der Waals surface area contributed by atoms with Gasteiger partial charge in [-0.1, -0.05) is 18.2 Å². The van der Waals surface area contributed by atoms with Gasteiger partial charge in [-0.15, -0.1) is 0 Å². The average Bonchev–Trinajstić information content (AvgIpc) is 3.31. The molecule has 128 valence electrons. The zero-order valence-electron chi connectivity index (χ0n) is 13.4. The van der Waals surface area contributed by atoms with Gasteiger partial charge in [0.1, 0.15) is 6.26 Å². The van der Waals surface area contributed by atoms with Crippen LogP contribution in [0.4, 0.5) is 0 Å². The first-order valence-corrected chi connectivity index (χ1v) is 7.80. The molecule has 0 saturated heterocycles. The zero-order chi connectivity index (χ0) is 17.5. The maximum atomic E-state index is 11.9. The van der Waals surface area contributed by atoms with Crippen molar-refractivity contribution in [3.63, 3.8) is 0 Å². The third kappa shape index (κ3) is 4.57. The van der Waals surface area contributed by atoms with E-state index < -0.39 is 0 Å². The number of aromatic nitrogens is 1. The Balaban J connectivity index is 1.41. The van der Waals surface area contributed by atoms with Crippen molar-refractivity contribution in [2.24, 2.45) is 0 Å². The van der Waals surface area contributed by atoms with Crippen LogP contribution < -0.4 is 10.6 Å². The number of hydrogen-bond donors (Lipinski definition) is 2. The number of carbonyl (C=O) groups is 2. The van der Waals surface area contributed by atoms with Crippen LogP contribution in [0.2, 0.25) is 0 Å². The van der Waals surface area contributed by atoms with E-state index in [0.717, 1.165) is 5.56 Å². The molecule has 0 unspecified atom stereocenters. The zero-order valence-corrected chi connectivity index (χ0v) is 13.4. The molecule has 0 fully saturated rings. The van der Waals surface area contributed by atoms with Gasteiger partial charge in [-0.3, -0.25) is 9.59 Å². The molecule has 2 N–H and O–H groups in total. The second kappa shape index (κ2) is 7.96. The first-order valence-electron chi connectivity index (χ1n) is 7.80. The number of furan rings is 1. The van der Waals surface area contributed by atoms with Crippen molar-refractivity contribution in [3.8, 4) is 11.5 Å². The van der Waals surface area contributed by atoms with E-state index in [1.165, 1.54) is 12.5 Å². The fraction of sp³-hybridized carbons (Fsp3) is 0.167. The summed E-state index contributed by atoms with van der Waals surface area (Å²) in [7, 11) is 0. The summed E-state index contributed by atoms with van der Waals surface area (Å²) in [5.41, 5.74) is 1.41. The quantitative estimate of drug-likeness (QED) is 0.642. The van der Waals surface area contributed by atoms with E-state index in [9.17, 15) is 9.59 Å². The summed E-state index contributed by atoms with van der Waals surface area (Å²) in [6, 6.07) is 12.7. The lowest BCUT2D eigenvalue weighted by molar-refractivity contribution is -0.120. The maximum Gasteiger partial charge on any atom is 0.287 e. The molecule has 3 rings (SSSR count). The summed E-state index contributed by atoms with van der Waals surface area (Å²) in [4.78, 5) is 27.8. The van der Waals surface area contributed by atoms with Gasteiger partial charge in [-0.2, -0.15) is 0 Å². The van der Waals surface area contributed by atoms with Gasteiger partial charge < -0.3 is 19.5 Å². The van der Waals surface area contributed by atoms with Gasteiger partial charge in [0, 0.05) is 18.7 Å². The molecule has 0 saturated carbocycles. The third-order valence-electron chi connectivity index (χ3n) is 3.39. The van der Waals surface area contributed by atoms with Gasteiger partial charge in [0.15, 0.2) is 5.76 Å². The lowest BCUT2D eigenvalue weighted by atomic mass is 10.2. The molecular weight excluding hydrogens is 322 g/mol. The first-order chi connectivity index (χ1) is 12.2. The van der Waals surface area contributed by atoms with Crippen LogP contribution in [0.5, 0.6) is 0 Å². The number of rotatable bonds is 7. The van der Waals surface area contributed by atoms with Crippen LogP contribution >= 0.6 is 0 Å². The molecule has 2 heterocycles. The van der Waals surface area contributed by atoms with Crippen LogP contribution in [0.3, 0.4) is 0 Å². The molecule has 0 aliphatic carbocycles. The maximum absolute atomic E-state index is 11.9. The van der Waals surface area contributed by atoms with Gasteiger partial charge in [0.05, 0.1) is 18.4 Å². The van der Waals surface area contributed by atoms with Gasteiger partial charge in [-0.05, 0) is 24.3 Å². The highest BCUT2D eigenvalue weighted by Gasteiger charge is 2.11. The Kier molecular flexibility index (Phi) is 5.26. The minimum Gasteiger partial charge on any atom is -0.459 e. The summed E-state index contributed by atoms with van der Waals surface area (Å²) >= 11 is 0. The molecular formula is C18H17N3O4. The number of amides is 2.